The van der Waals surface area contributed by atoms with Crippen LogP contribution in [0, 0.1) is 0 Å². The standard InChI is InChI=1S/C11H15N3O4S/c1-18-9-4-2-3-8(11(12)13-15)10(9)14-19(16,17)7-5-6-7/h2-4,7,14-15H,5-6H2,1H3,(H2,12,13). The number of amidine groups is 1. The van der Waals surface area contributed by atoms with Gasteiger partial charge in [0.05, 0.1) is 12.4 Å². The van der Waals surface area contributed by atoms with Crippen molar-refractivity contribution in [1.29, 1.82) is 0 Å². The molecule has 1 aromatic carbocycles. The SMILES string of the molecule is COc1cccc(/C(N)=N/O)c1NS(=O)(=O)C1CC1. The van der Waals surface area contributed by atoms with E-state index in [0.717, 1.165) is 0 Å². The van der Waals surface area contributed by atoms with E-state index >= 15 is 0 Å². The van der Waals surface area contributed by atoms with E-state index < -0.39 is 10.0 Å². The highest BCUT2D eigenvalue weighted by Gasteiger charge is 2.36. The van der Waals surface area contributed by atoms with Crippen molar-refractivity contribution in [1.82, 2.24) is 0 Å². The number of hydrogen-bond acceptors (Lipinski definition) is 5. The van der Waals surface area contributed by atoms with E-state index in [2.05, 4.69) is 9.88 Å². The minimum atomic E-state index is -3.46. The Morgan fingerprint density at radius 2 is 2.21 bits per heavy atom. The number of ether oxygens (including phenoxy) is 1. The lowest BCUT2D eigenvalue weighted by molar-refractivity contribution is 0.318. The van der Waals surface area contributed by atoms with E-state index in [1.165, 1.54) is 7.11 Å². The first-order valence-electron chi connectivity index (χ1n) is 5.66. The number of nitrogens with zero attached hydrogens (tertiary/aromatic N) is 1. The molecule has 1 aromatic rings. The number of sulfonamides is 1. The molecule has 0 spiro atoms. The van der Waals surface area contributed by atoms with Gasteiger partial charge in [-0.2, -0.15) is 0 Å². The first kappa shape index (κ1) is 13.5. The molecule has 7 nitrogen and oxygen atoms in total. The normalized spacial score (nSPS) is 16.2. The fourth-order valence-electron chi connectivity index (χ4n) is 1.68. The topological polar surface area (TPSA) is 114 Å². The minimum absolute atomic E-state index is 0.187. The lowest BCUT2D eigenvalue weighted by Gasteiger charge is -2.15. The van der Waals surface area contributed by atoms with E-state index in [4.69, 9.17) is 15.7 Å². The molecule has 104 valence electrons. The van der Waals surface area contributed by atoms with E-state index in [9.17, 15) is 8.42 Å². The summed E-state index contributed by atoms with van der Waals surface area (Å²) >= 11 is 0. The fraction of sp³-hybridized carbons (Fsp3) is 0.364. The number of methoxy groups -OCH3 is 1. The van der Waals surface area contributed by atoms with Crippen LogP contribution in [-0.2, 0) is 10.0 Å². The van der Waals surface area contributed by atoms with Gasteiger partial charge in [0, 0.05) is 5.56 Å². The molecular weight excluding hydrogens is 270 g/mol. The van der Waals surface area contributed by atoms with Crippen molar-refractivity contribution < 1.29 is 18.4 Å². The maximum atomic E-state index is 12.0. The third-order valence-corrected chi connectivity index (χ3v) is 4.68. The highest BCUT2D eigenvalue weighted by atomic mass is 32.2. The Kier molecular flexibility index (Phi) is 3.52. The number of para-hydroxylation sites is 1. The van der Waals surface area contributed by atoms with Gasteiger partial charge in [-0.3, -0.25) is 4.72 Å². The van der Waals surface area contributed by atoms with Gasteiger partial charge in [-0.05, 0) is 25.0 Å². The Hall–Kier alpha value is -1.96. The number of nitrogens with two attached hydrogens (primary N) is 1. The predicted octanol–water partition coefficient (Wildman–Crippen LogP) is 0.694. The molecule has 0 unspecified atom stereocenters. The van der Waals surface area contributed by atoms with Crippen molar-refractivity contribution >= 4 is 21.5 Å². The molecule has 0 radical (unpaired) electrons. The quantitative estimate of drug-likeness (QED) is 0.319. The van der Waals surface area contributed by atoms with Crippen LogP contribution in [-0.4, -0.2) is 31.8 Å². The van der Waals surface area contributed by atoms with Gasteiger partial charge in [0.25, 0.3) is 0 Å². The van der Waals surface area contributed by atoms with Crippen LogP contribution in [0.25, 0.3) is 0 Å². The van der Waals surface area contributed by atoms with Crippen LogP contribution < -0.4 is 15.2 Å². The smallest absolute Gasteiger partial charge is 0.235 e. The Morgan fingerprint density at radius 3 is 2.74 bits per heavy atom. The van der Waals surface area contributed by atoms with Crippen LogP contribution >= 0.6 is 0 Å². The molecule has 0 aromatic heterocycles. The number of anilines is 1. The van der Waals surface area contributed by atoms with E-state index in [1.54, 1.807) is 18.2 Å². The largest absolute Gasteiger partial charge is 0.495 e. The Bertz CT molecular complexity index is 608. The molecule has 0 amide bonds. The molecule has 0 aliphatic heterocycles. The molecule has 0 heterocycles. The summed E-state index contributed by atoms with van der Waals surface area (Å²) in [6.45, 7) is 0. The van der Waals surface area contributed by atoms with Gasteiger partial charge in [-0.25, -0.2) is 8.42 Å². The summed E-state index contributed by atoms with van der Waals surface area (Å²) in [6.07, 6.45) is 1.28. The van der Waals surface area contributed by atoms with Crippen LogP contribution in [0.15, 0.2) is 23.4 Å². The number of hydrogen-bond donors (Lipinski definition) is 3. The van der Waals surface area contributed by atoms with Crippen LogP contribution in [0.2, 0.25) is 0 Å². The molecule has 1 aliphatic rings. The second-order valence-corrected chi connectivity index (χ2v) is 6.18. The second kappa shape index (κ2) is 4.96. The maximum absolute atomic E-state index is 12.0. The van der Waals surface area contributed by atoms with E-state index in [0.29, 0.717) is 18.6 Å². The molecule has 8 heteroatoms. The number of oxime groups is 1. The molecule has 1 saturated carbocycles. The van der Waals surface area contributed by atoms with Crippen molar-refractivity contribution in [3.63, 3.8) is 0 Å². The number of rotatable bonds is 5. The molecule has 0 bridgehead atoms. The summed E-state index contributed by atoms with van der Waals surface area (Å²) in [6, 6.07) is 4.77. The van der Waals surface area contributed by atoms with Gasteiger partial charge in [0.15, 0.2) is 5.84 Å². The molecule has 4 N–H and O–H groups in total. The summed E-state index contributed by atoms with van der Waals surface area (Å²) in [5.74, 6) is 0.126. The monoisotopic (exact) mass is 285 g/mol. The summed E-state index contributed by atoms with van der Waals surface area (Å²) in [7, 11) is -2.04. The average molecular weight is 285 g/mol. The molecule has 19 heavy (non-hydrogen) atoms. The lowest BCUT2D eigenvalue weighted by Crippen LogP contribution is -2.22. The minimum Gasteiger partial charge on any atom is -0.495 e. The zero-order chi connectivity index (χ0) is 14.0. The van der Waals surface area contributed by atoms with Crippen molar-refractivity contribution in [2.75, 3.05) is 11.8 Å². The Labute approximate surface area is 111 Å². The first-order chi connectivity index (χ1) is 8.99. The third kappa shape index (κ3) is 2.73. The van der Waals surface area contributed by atoms with Gasteiger partial charge in [-0.1, -0.05) is 11.2 Å². The summed E-state index contributed by atoms with van der Waals surface area (Å²) in [5.41, 5.74) is 6.00. The molecule has 1 fully saturated rings. The molecule has 0 atom stereocenters. The first-order valence-corrected chi connectivity index (χ1v) is 7.20. The summed E-state index contributed by atoms with van der Waals surface area (Å²) in [4.78, 5) is 0. The third-order valence-electron chi connectivity index (χ3n) is 2.84. The van der Waals surface area contributed by atoms with Crippen molar-refractivity contribution in [2.24, 2.45) is 10.9 Å². The highest BCUT2D eigenvalue weighted by molar-refractivity contribution is 7.93. The fourth-order valence-corrected chi connectivity index (χ4v) is 3.10. The second-order valence-electron chi connectivity index (χ2n) is 4.21. The van der Waals surface area contributed by atoms with Gasteiger partial charge < -0.3 is 15.7 Å². The van der Waals surface area contributed by atoms with Crippen LogP contribution in [0.4, 0.5) is 5.69 Å². The molecule has 0 saturated heterocycles. The lowest BCUT2D eigenvalue weighted by atomic mass is 10.1. The zero-order valence-electron chi connectivity index (χ0n) is 10.3. The van der Waals surface area contributed by atoms with Crippen molar-refractivity contribution in [3.05, 3.63) is 23.8 Å². The summed E-state index contributed by atoms with van der Waals surface area (Å²) in [5, 5.41) is 11.3. The van der Waals surface area contributed by atoms with Crippen LogP contribution in [0.1, 0.15) is 18.4 Å². The Balaban J connectivity index is 2.47. The van der Waals surface area contributed by atoms with Crippen molar-refractivity contribution in [3.8, 4) is 5.75 Å². The average Bonchev–Trinajstić information content (AvgIpc) is 3.22. The van der Waals surface area contributed by atoms with Crippen LogP contribution in [0.3, 0.4) is 0 Å². The Morgan fingerprint density at radius 1 is 1.53 bits per heavy atom. The van der Waals surface area contributed by atoms with Crippen LogP contribution in [0.5, 0.6) is 5.75 Å². The van der Waals surface area contributed by atoms with Gasteiger partial charge in [-0.15, -0.1) is 0 Å². The molecule has 1 aliphatic carbocycles. The summed E-state index contributed by atoms with van der Waals surface area (Å²) < 4.78 is 31.5. The predicted molar refractivity (Wildman–Crippen MR) is 71.1 cm³/mol. The van der Waals surface area contributed by atoms with Gasteiger partial charge in [0.2, 0.25) is 10.0 Å². The zero-order valence-corrected chi connectivity index (χ0v) is 11.1. The molecule has 2 rings (SSSR count). The molecular formula is C11H15N3O4S. The van der Waals surface area contributed by atoms with E-state index in [-0.39, 0.29) is 22.3 Å². The van der Waals surface area contributed by atoms with Gasteiger partial charge in [0.1, 0.15) is 11.4 Å². The van der Waals surface area contributed by atoms with E-state index in [1.807, 2.05) is 0 Å². The number of benzene rings is 1. The maximum Gasteiger partial charge on any atom is 0.235 e. The number of nitrogens with one attached hydrogen (secondary N) is 1. The van der Waals surface area contributed by atoms with Gasteiger partial charge >= 0.3 is 0 Å². The van der Waals surface area contributed by atoms with Crippen molar-refractivity contribution in [2.45, 2.75) is 18.1 Å². The highest BCUT2D eigenvalue weighted by Crippen LogP contribution is 2.34.